The number of hydrogen-bond donors (Lipinski definition) is 1. The molecule has 19 heavy (non-hydrogen) atoms. The van der Waals surface area contributed by atoms with Gasteiger partial charge in [0.05, 0.1) is 17.8 Å². The lowest BCUT2D eigenvalue weighted by Crippen LogP contribution is -2.00. The maximum Gasteiger partial charge on any atom is 0.328 e. The number of ether oxygens (including phenoxy) is 1. The summed E-state index contributed by atoms with van der Waals surface area (Å²) in [6.07, 6.45) is 2.24. The standard InChI is InChI=1S/C11H9ClN4O3/c1-19-9-3-2-7(6-8(9)12)16-10(13-14-15-16)4-5-11(17)18/h2-6H,1H3,(H,17,18)/b5-4+. The van der Waals surface area contributed by atoms with Crippen LogP contribution in [0.3, 0.4) is 0 Å². The fourth-order valence-electron chi connectivity index (χ4n) is 1.41. The van der Waals surface area contributed by atoms with Crippen LogP contribution in [-0.4, -0.2) is 38.4 Å². The van der Waals surface area contributed by atoms with E-state index in [2.05, 4.69) is 15.5 Å². The molecule has 2 aromatic rings. The van der Waals surface area contributed by atoms with Gasteiger partial charge in [-0.3, -0.25) is 0 Å². The highest BCUT2D eigenvalue weighted by atomic mass is 35.5. The minimum Gasteiger partial charge on any atom is -0.495 e. The van der Waals surface area contributed by atoms with Crippen LogP contribution in [0, 0.1) is 0 Å². The van der Waals surface area contributed by atoms with Crippen LogP contribution in [0.1, 0.15) is 5.82 Å². The topological polar surface area (TPSA) is 90.1 Å². The lowest BCUT2D eigenvalue weighted by molar-refractivity contribution is -0.131. The van der Waals surface area contributed by atoms with Crippen LogP contribution in [0.2, 0.25) is 5.02 Å². The van der Waals surface area contributed by atoms with Gasteiger partial charge in [-0.05, 0) is 34.7 Å². The molecular formula is C11H9ClN4O3. The van der Waals surface area contributed by atoms with Crippen LogP contribution >= 0.6 is 11.6 Å². The fraction of sp³-hybridized carbons (Fsp3) is 0.0909. The van der Waals surface area contributed by atoms with Crippen LogP contribution in [-0.2, 0) is 4.79 Å². The van der Waals surface area contributed by atoms with E-state index in [1.165, 1.54) is 17.9 Å². The molecule has 7 nitrogen and oxygen atoms in total. The van der Waals surface area contributed by atoms with Crippen molar-refractivity contribution in [2.45, 2.75) is 0 Å². The van der Waals surface area contributed by atoms with Crippen molar-refractivity contribution in [2.75, 3.05) is 7.11 Å². The Morgan fingerprint density at radius 2 is 2.32 bits per heavy atom. The highest BCUT2D eigenvalue weighted by Crippen LogP contribution is 2.26. The molecule has 0 saturated carbocycles. The number of nitrogens with zero attached hydrogens (tertiary/aromatic N) is 4. The van der Waals surface area contributed by atoms with Gasteiger partial charge in [-0.1, -0.05) is 11.6 Å². The number of tetrazole rings is 1. The smallest absolute Gasteiger partial charge is 0.328 e. The minimum absolute atomic E-state index is 0.281. The molecule has 0 aliphatic rings. The minimum atomic E-state index is -1.08. The zero-order valence-electron chi connectivity index (χ0n) is 9.82. The van der Waals surface area contributed by atoms with Gasteiger partial charge in [0, 0.05) is 6.08 Å². The molecule has 0 aliphatic heterocycles. The number of rotatable bonds is 4. The number of carboxylic acids is 1. The van der Waals surface area contributed by atoms with Crippen molar-refractivity contribution >= 4 is 23.6 Å². The zero-order chi connectivity index (χ0) is 13.8. The Kier molecular flexibility index (Phi) is 3.76. The highest BCUT2D eigenvalue weighted by molar-refractivity contribution is 6.32. The van der Waals surface area contributed by atoms with E-state index in [0.29, 0.717) is 16.5 Å². The van der Waals surface area contributed by atoms with Gasteiger partial charge >= 0.3 is 5.97 Å². The summed E-state index contributed by atoms with van der Waals surface area (Å²) in [6, 6.07) is 5.00. The summed E-state index contributed by atoms with van der Waals surface area (Å²) in [5.74, 6) is -0.271. The van der Waals surface area contributed by atoms with Gasteiger partial charge in [-0.25, -0.2) is 4.79 Å². The van der Waals surface area contributed by atoms with Crippen molar-refractivity contribution in [3.8, 4) is 11.4 Å². The highest BCUT2D eigenvalue weighted by Gasteiger charge is 2.08. The van der Waals surface area contributed by atoms with Gasteiger partial charge in [0.1, 0.15) is 5.75 Å². The Labute approximate surface area is 113 Å². The Morgan fingerprint density at radius 1 is 1.53 bits per heavy atom. The molecule has 2 rings (SSSR count). The molecule has 0 saturated heterocycles. The molecule has 0 radical (unpaired) electrons. The molecule has 1 aromatic carbocycles. The summed E-state index contributed by atoms with van der Waals surface area (Å²) in [6.45, 7) is 0. The van der Waals surface area contributed by atoms with Crippen molar-refractivity contribution in [2.24, 2.45) is 0 Å². The van der Waals surface area contributed by atoms with Crippen LogP contribution in [0.4, 0.5) is 0 Å². The van der Waals surface area contributed by atoms with E-state index in [0.717, 1.165) is 6.08 Å². The molecule has 0 bridgehead atoms. The summed E-state index contributed by atoms with van der Waals surface area (Å²) < 4.78 is 6.41. The second-order valence-corrected chi connectivity index (χ2v) is 3.85. The first kappa shape index (κ1) is 13.0. The van der Waals surface area contributed by atoms with Gasteiger partial charge < -0.3 is 9.84 Å². The molecule has 0 fully saturated rings. The molecule has 1 heterocycles. The van der Waals surface area contributed by atoms with E-state index >= 15 is 0 Å². The SMILES string of the molecule is COc1ccc(-n2nnnc2/C=C/C(=O)O)cc1Cl. The summed E-state index contributed by atoms with van der Waals surface area (Å²) in [4.78, 5) is 10.5. The predicted octanol–water partition coefficient (Wildman–Crippen LogP) is 1.42. The Morgan fingerprint density at radius 3 is 2.95 bits per heavy atom. The van der Waals surface area contributed by atoms with Crippen LogP contribution in [0.15, 0.2) is 24.3 Å². The Balaban J connectivity index is 2.40. The van der Waals surface area contributed by atoms with Gasteiger partial charge in [0.2, 0.25) is 0 Å². The van der Waals surface area contributed by atoms with Crippen molar-refractivity contribution < 1.29 is 14.6 Å². The van der Waals surface area contributed by atoms with Gasteiger partial charge in [0.15, 0.2) is 5.82 Å². The van der Waals surface area contributed by atoms with E-state index in [-0.39, 0.29) is 5.82 Å². The number of aromatic nitrogens is 4. The fourth-order valence-corrected chi connectivity index (χ4v) is 1.67. The summed E-state index contributed by atoms with van der Waals surface area (Å²) in [5.41, 5.74) is 0.598. The summed E-state index contributed by atoms with van der Waals surface area (Å²) in [7, 11) is 1.51. The second kappa shape index (κ2) is 5.49. The van der Waals surface area contributed by atoms with E-state index in [4.69, 9.17) is 21.4 Å². The monoisotopic (exact) mass is 280 g/mol. The van der Waals surface area contributed by atoms with Crippen molar-refractivity contribution in [1.29, 1.82) is 0 Å². The van der Waals surface area contributed by atoms with Crippen LogP contribution in [0.25, 0.3) is 11.8 Å². The van der Waals surface area contributed by atoms with Crippen LogP contribution < -0.4 is 4.74 Å². The van der Waals surface area contributed by atoms with E-state index < -0.39 is 5.97 Å². The maximum atomic E-state index is 10.5. The molecule has 0 atom stereocenters. The largest absolute Gasteiger partial charge is 0.495 e. The number of carboxylic acid groups (broad SMARTS) is 1. The van der Waals surface area contributed by atoms with Gasteiger partial charge in [-0.2, -0.15) is 4.68 Å². The molecule has 0 aliphatic carbocycles. The third-order valence-corrected chi connectivity index (χ3v) is 2.54. The second-order valence-electron chi connectivity index (χ2n) is 3.44. The van der Waals surface area contributed by atoms with Crippen molar-refractivity contribution in [1.82, 2.24) is 20.2 Å². The quantitative estimate of drug-likeness (QED) is 0.852. The number of carbonyl (C=O) groups is 1. The first-order valence-electron chi connectivity index (χ1n) is 5.15. The molecular weight excluding hydrogens is 272 g/mol. The average molecular weight is 281 g/mol. The third kappa shape index (κ3) is 2.89. The number of aliphatic carboxylic acids is 1. The van der Waals surface area contributed by atoms with Gasteiger partial charge in [-0.15, -0.1) is 5.10 Å². The number of methoxy groups -OCH3 is 1. The van der Waals surface area contributed by atoms with E-state index in [1.54, 1.807) is 18.2 Å². The first-order chi connectivity index (χ1) is 9.11. The predicted molar refractivity (Wildman–Crippen MR) is 67.4 cm³/mol. The third-order valence-electron chi connectivity index (χ3n) is 2.25. The number of hydrogen-bond acceptors (Lipinski definition) is 5. The molecule has 8 heteroatoms. The lowest BCUT2D eigenvalue weighted by Gasteiger charge is -2.06. The molecule has 1 N–H and O–H groups in total. The summed E-state index contributed by atoms with van der Waals surface area (Å²) in [5, 5.41) is 20.0. The summed E-state index contributed by atoms with van der Waals surface area (Å²) >= 11 is 6.01. The maximum absolute atomic E-state index is 10.5. The number of halogens is 1. The van der Waals surface area contributed by atoms with E-state index in [1.807, 2.05) is 0 Å². The Hall–Kier alpha value is -2.41. The van der Waals surface area contributed by atoms with E-state index in [9.17, 15) is 4.79 Å². The average Bonchev–Trinajstić information content (AvgIpc) is 2.84. The molecule has 0 unspecified atom stereocenters. The normalized spacial score (nSPS) is 10.8. The lowest BCUT2D eigenvalue weighted by atomic mass is 10.3. The van der Waals surface area contributed by atoms with Crippen molar-refractivity contribution in [3.05, 3.63) is 35.1 Å². The molecule has 1 aromatic heterocycles. The van der Waals surface area contributed by atoms with Crippen LogP contribution in [0.5, 0.6) is 5.75 Å². The first-order valence-corrected chi connectivity index (χ1v) is 5.53. The Bertz CT molecular complexity index is 639. The number of benzene rings is 1. The molecule has 0 spiro atoms. The molecule has 98 valence electrons. The zero-order valence-corrected chi connectivity index (χ0v) is 10.6. The molecule has 0 amide bonds. The van der Waals surface area contributed by atoms with Crippen molar-refractivity contribution in [3.63, 3.8) is 0 Å². The van der Waals surface area contributed by atoms with Gasteiger partial charge in [0.25, 0.3) is 0 Å².